The van der Waals surface area contributed by atoms with Crippen LogP contribution in [0.5, 0.6) is 5.75 Å². The Bertz CT molecular complexity index is 1080. The lowest BCUT2D eigenvalue weighted by molar-refractivity contribution is -0.224. The number of fused-ring (bicyclic) bond motifs is 1. The first-order chi connectivity index (χ1) is 15.8. The highest BCUT2D eigenvalue weighted by atomic mass is 16.5. The fourth-order valence-corrected chi connectivity index (χ4v) is 4.34. The quantitative estimate of drug-likeness (QED) is 0.466. The molecule has 174 valence electrons. The van der Waals surface area contributed by atoms with Gasteiger partial charge in [0.05, 0.1) is 38.6 Å². The number of methoxy groups -OCH3 is 1. The van der Waals surface area contributed by atoms with Gasteiger partial charge in [0.2, 0.25) is 0 Å². The molecule has 1 amide bonds. The van der Waals surface area contributed by atoms with Crippen molar-refractivity contribution < 1.29 is 23.7 Å². The second-order valence-corrected chi connectivity index (χ2v) is 8.66. The Morgan fingerprint density at radius 3 is 2.73 bits per heavy atom. The van der Waals surface area contributed by atoms with Gasteiger partial charge in [-0.15, -0.1) is 0 Å². The molecule has 1 saturated heterocycles. The van der Waals surface area contributed by atoms with Gasteiger partial charge in [0.25, 0.3) is 11.9 Å². The molecule has 3 heterocycles. The molecule has 9 nitrogen and oxygen atoms in total. The zero-order valence-electron chi connectivity index (χ0n) is 18.9. The van der Waals surface area contributed by atoms with E-state index in [1.807, 2.05) is 26.0 Å². The van der Waals surface area contributed by atoms with Crippen LogP contribution >= 0.6 is 0 Å². The van der Waals surface area contributed by atoms with E-state index in [2.05, 4.69) is 10.3 Å². The third-order valence-corrected chi connectivity index (χ3v) is 6.42. The second-order valence-electron chi connectivity index (χ2n) is 8.66. The van der Waals surface area contributed by atoms with Gasteiger partial charge in [-0.2, -0.15) is 0 Å². The van der Waals surface area contributed by atoms with Gasteiger partial charge in [0, 0.05) is 17.2 Å². The number of aliphatic imine (C=N–C) groups is 1. The number of hydrogen-bond acceptors (Lipinski definition) is 7. The molecule has 0 bridgehead atoms. The summed E-state index contributed by atoms with van der Waals surface area (Å²) >= 11 is 0. The second kappa shape index (κ2) is 8.74. The van der Waals surface area contributed by atoms with E-state index in [0.717, 1.165) is 5.56 Å². The number of anilines is 1. The molecule has 1 aromatic rings. The first kappa shape index (κ1) is 22.6. The van der Waals surface area contributed by atoms with Gasteiger partial charge in [-0.05, 0) is 44.2 Å². The van der Waals surface area contributed by atoms with Gasteiger partial charge in [-0.1, -0.05) is 12.2 Å². The largest absolute Gasteiger partial charge is 0.495 e. The summed E-state index contributed by atoms with van der Waals surface area (Å²) in [5, 5.41) is 10.4. The molecule has 3 aliphatic rings. The zero-order chi connectivity index (χ0) is 23.6. The van der Waals surface area contributed by atoms with Crippen LogP contribution in [0.15, 0.2) is 59.0 Å². The number of carbonyl (C=O) groups excluding carboxylic acids is 1. The third kappa shape index (κ3) is 4.23. The highest BCUT2D eigenvalue weighted by molar-refractivity contribution is 6.05. The number of nitrogens with zero attached hydrogens (tertiary/aromatic N) is 1. The van der Waals surface area contributed by atoms with Gasteiger partial charge in [0.1, 0.15) is 22.8 Å². The average molecular weight is 453 g/mol. The number of carbonyl (C=O) groups is 1. The minimum absolute atomic E-state index is 0.137. The molecule has 0 aromatic heterocycles. The number of nitrogens with two attached hydrogens (primary N) is 1. The lowest BCUT2D eigenvalue weighted by Crippen LogP contribution is -2.65. The molecule has 3 aliphatic heterocycles. The maximum Gasteiger partial charge on any atom is 0.279 e. The molecule has 1 aromatic carbocycles. The number of nitrogens with one attached hydrogen (secondary N) is 2. The lowest BCUT2D eigenvalue weighted by Gasteiger charge is -2.58. The SMILES string of the molecule is COC1=C/C=C/C=C(/C(=O)Nc2ccc3c(c2)C(COC(=N)N)C2(COC2)C(C)(C)O3)N=C1. The third-order valence-electron chi connectivity index (χ3n) is 6.42. The van der Waals surface area contributed by atoms with Crippen molar-refractivity contribution in [2.75, 3.05) is 32.2 Å². The van der Waals surface area contributed by atoms with Crippen LogP contribution in [0.2, 0.25) is 0 Å². The summed E-state index contributed by atoms with van der Waals surface area (Å²) in [7, 11) is 1.54. The van der Waals surface area contributed by atoms with E-state index in [1.54, 1.807) is 37.5 Å². The minimum Gasteiger partial charge on any atom is -0.495 e. The first-order valence-corrected chi connectivity index (χ1v) is 10.6. The van der Waals surface area contributed by atoms with Crippen molar-refractivity contribution in [3.63, 3.8) is 0 Å². The summed E-state index contributed by atoms with van der Waals surface area (Å²) in [4.78, 5) is 17.1. The van der Waals surface area contributed by atoms with Crippen LogP contribution in [-0.2, 0) is 19.0 Å². The average Bonchev–Trinajstić information content (AvgIpc) is 2.70. The molecule has 4 N–H and O–H groups in total. The van der Waals surface area contributed by atoms with E-state index in [1.165, 1.54) is 6.21 Å². The van der Waals surface area contributed by atoms with Crippen LogP contribution in [-0.4, -0.2) is 50.7 Å². The van der Waals surface area contributed by atoms with E-state index in [4.69, 9.17) is 30.1 Å². The van der Waals surface area contributed by atoms with E-state index in [0.29, 0.717) is 30.4 Å². The predicted molar refractivity (Wildman–Crippen MR) is 124 cm³/mol. The Morgan fingerprint density at radius 1 is 1.30 bits per heavy atom. The molecule has 0 aliphatic carbocycles. The monoisotopic (exact) mass is 452 g/mol. The van der Waals surface area contributed by atoms with Crippen molar-refractivity contribution in [1.82, 2.24) is 0 Å². The van der Waals surface area contributed by atoms with Crippen molar-refractivity contribution in [3.05, 3.63) is 59.5 Å². The first-order valence-electron chi connectivity index (χ1n) is 10.6. The van der Waals surface area contributed by atoms with E-state index in [9.17, 15) is 4.79 Å². The Morgan fingerprint density at radius 2 is 2.06 bits per heavy atom. The molecule has 4 rings (SSSR count). The van der Waals surface area contributed by atoms with Crippen LogP contribution in [0.25, 0.3) is 0 Å². The number of ether oxygens (including phenoxy) is 4. The van der Waals surface area contributed by atoms with Crippen molar-refractivity contribution in [2.24, 2.45) is 16.1 Å². The summed E-state index contributed by atoms with van der Waals surface area (Å²) in [5.41, 5.74) is 6.33. The van der Waals surface area contributed by atoms with Gasteiger partial charge in [-0.25, -0.2) is 4.99 Å². The van der Waals surface area contributed by atoms with Gasteiger partial charge >= 0.3 is 0 Å². The number of amidine groups is 1. The molecule has 33 heavy (non-hydrogen) atoms. The summed E-state index contributed by atoms with van der Waals surface area (Å²) in [6.07, 6.45) is 8.37. The molecule has 1 unspecified atom stereocenters. The summed E-state index contributed by atoms with van der Waals surface area (Å²) in [5.74, 6) is 0.749. The van der Waals surface area contributed by atoms with Crippen LogP contribution in [0.4, 0.5) is 5.69 Å². The molecular formula is C24H28N4O5. The van der Waals surface area contributed by atoms with Crippen molar-refractivity contribution >= 4 is 23.8 Å². The van der Waals surface area contributed by atoms with Gasteiger partial charge in [-0.3, -0.25) is 10.2 Å². The fourth-order valence-electron chi connectivity index (χ4n) is 4.34. The highest BCUT2D eigenvalue weighted by Gasteiger charge is 2.61. The Labute approximate surface area is 192 Å². The summed E-state index contributed by atoms with van der Waals surface area (Å²) in [6, 6.07) is 5.16. The molecule has 1 fully saturated rings. The van der Waals surface area contributed by atoms with Gasteiger partial charge < -0.3 is 30.0 Å². The van der Waals surface area contributed by atoms with Crippen molar-refractivity contribution in [3.8, 4) is 5.75 Å². The smallest absolute Gasteiger partial charge is 0.279 e. The highest BCUT2D eigenvalue weighted by Crippen LogP contribution is 2.57. The fraction of sp³-hybridized carbons (Fsp3) is 0.375. The van der Waals surface area contributed by atoms with Gasteiger partial charge in [0.15, 0.2) is 0 Å². The molecule has 0 radical (unpaired) electrons. The molecular weight excluding hydrogens is 424 g/mol. The lowest BCUT2D eigenvalue weighted by atomic mass is 9.60. The Hall–Kier alpha value is -3.59. The maximum atomic E-state index is 12.9. The topological polar surface area (TPSA) is 128 Å². The standard InChI is InChI=1S/C24H28N4O5/c1-23(2)24(13-31-14-24)18(12-32-22(25)26)17-10-15(8-9-20(17)33-23)28-21(29)19-7-5-4-6-16(30-3)11-27-19/h4-11,18H,12-14H2,1-3H3,(H3,25,26)(H,28,29)/b5-4+,6-4?,7-5?,16-6?,16-11?,19-7-,27-11?,27-19?. The number of rotatable bonds is 5. The van der Waals surface area contributed by atoms with Crippen LogP contribution in [0.3, 0.4) is 0 Å². The zero-order valence-corrected chi connectivity index (χ0v) is 18.9. The Balaban J connectivity index is 1.62. The van der Waals surface area contributed by atoms with Crippen LogP contribution in [0, 0.1) is 10.8 Å². The predicted octanol–water partition coefficient (Wildman–Crippen LogP) is 2.86. The minimum atomic E-state index is -0.509. The summed E-state index contributed by atoms with van der Waals surface area (Å²) < 4.78 is 22.5. The van der Waals surface area contributed by atoms with Crippen molar-refractivity contribution in [2.45, 2.75) is 25.4 Å². The van der Waals surface area contributed by atoms with E-state index >= 15 is 0 Å². The number of benzene rings is 1. The molecule has 1 spiro atoms. The maximum absolute atomic E-state index is 12.9. The van der Waals surface area contributed by atoms with Crippen LogP contribution < -0.4 is 15.8 Å². The normalized spacial score (nSPS) is 24.4. The molecule has 9 heteroatoms. The van der Waals surface area contributed by atoms with E-state index < -0.39 is 5.60 Å². The summed E-state index contributed by atoms with van der Waals surface area (Å²) in [6.45, 7) is 5.28. The number of allylic oxidation sites excluding steroid dienone is 5. The van der Waals surface area contributed by atoms with Crippen molar-refractivity contribution in [1.29, 1.82) is 5.41 Å². The number of hydrogen-bond donors (Lipinski definition) is 3. The van der Waals surface area contributed by atoms with E-state index in [-0.39, 0.29) is 35.6 Å². The molecule has 1 atom stereocenters. The number of amides is 1. The van der Waals surface area contributed by atoms with Crippen LogP contribution in [0.1, 0.15) is 25.3 Å². The Kier molecular flexibility index (Phi) is 5.99. The molecule has 0 saturated carbocycles.